The van der Waals surface area contributed by atoms with Crippen molar-refractivity contribution in [3.05, 3.63) is 102 Å². The normalized spacial score (nSPS) is 11.3. The summed E-state index contributed by atoms with van der Waals surface area (Å²) in [5, 5.41) is 2.25. The molecule has 5 rings (SSSR count). The van der Waals surface area contributed by atoms with Crippen LogP contribution in [0.5, 0.6) is 0 Å². The van der Waals surface area contributed by atoms with Crippen LogP contribution in [0.25, 0.3) is 31.4 Å². The molecular formula is C24H16FNS. The van der Waals surface area contributed by atoms with E-state index in [2.05, 4.69) is 59.6 Å². The molecule has 27 heavy (non-hydrogen) atoms. The summed E-state index contributed by atoms with van der Waals surface area (Å²) >= 11 is 1.63. The van der Waals surface area contributed by atoms with Gasteiger partial charge in [-0.15, -0.1) is 11.3 Å². The fourth-order valence-corrected chi connectivity index (χ4v) is 4.79. The molecule has 1 nitrogen and oxygen atoms in total. The lowest BCUT2D eigenvalue weighted by Gasteiger charge is -2.06. The van der Waals surface area contributed by atoms with Crippen LogP contribution in [-0.2, 0) is 6.42 Å². The number of fused-ring (bicyclic) bond motifs is 3. The van der Waals surface area contributed by atoms with E-state index >= 15 is 0 Å². The van der Waals surface area contributed by atoms with Gasteiger partial charge in [-0.3, -0.25) is 4.98 Å². The van der Waals surface area contributed by atoms with Crippen molar-refractivity contribution in [2.45, 2.75) is 6.42 Å². The molecule has 0 fully saturated rings. The summed E-state index contributed by atoms with van der Waals surface area (Å²) in [6, 6.07) is 25.9. The van der Waals surface area contributed by atoms with Crippen LogP contribution >= 0.6 is 11.3 Å². The Hall–Kier alpha value is -3.04. The molecule has 5 aromatic rings. The summed E-state index contributed by atoms with van der Waals surface area (Å²) in [6.07, 6.45) is 2.75. The van der Waals surface area contributed by atoms with Crippen LogP contribution in [-0.4, -0.2) is 4.98 Å². The highest BCUT2D eigenvalue weighted by molar-refractivity contribution is 7.26. The molecule has 0 atom stereocenters. The van der Waals surface area contributed by atoms with Gasteiger partial charge in [-0.05, 0) is 41.8 Å². The van der Waals surface area contributed by atoms with Crippen LogP contribution < -0.4 is 0 Å². The predicted molar refractivity (Wildman–Crippen MR) is 112 cm³/mol. The Kier molecular flexibility index (Phi) is 3.95. The molecule has 3 aromatic carbocycles. The Bertz CT molecular complexity index is 1260. The van der Waals surface area contributed by atoms with Gasteiger partial charge in [0.1, 0.15) is 5.82 Å². The smallest absolute Gasteiger partial charge is 0.124 e. The Morgan fingerprint density at radius 3 is 2.56 bits per heavy atom. The van der Waals surface area contributed by atoms with E-state index in [1.807, 2.05) is 18.3 Å². The molecule has 0 aliphatic carbocycles. The first-order valence-electron chi connectivity index (χ1n) is 8.88. The number of benzene rings is 3. The number of rotatable bonds is 3. The number of hydrogen-bond donors (Lipinski definition) is 0. The topological polar surface area (TPSA) is 12.9 Å². The molecule has 0 amide bonds. The summed E-state index contributed by atoms with van der Waals surface area (Å²) in [7, 11) is 0. The van der Waals surface area contributed by atoms with Crippen molar-refractivity contribution < 1.29 is 4.39 Å². The lowest BCUT2D eigenvalue weighted by molar-refractivity contribution is 0.630. The van der Waals surface area contributed by atoms with Gasteiger partial charge in [0.15, 0.2) is 0 Å². The average Bonchev–Trinajstić information content (AvgIpc) is 3.06. The van der Waals surface area contributed by atoms with Crippen molar-refractivity contribution in [1.82, 2.24) is 4.98 Å². The molecule has 0 bridgehead atoms. The monoisotopic (exact) mass is 369 g/mol. The molecule has 0 aliphatic rings. The third kappa shape index (κ3) is 3.00. The van der Waals surface area contributed by atoms with Crippen LogP contribution in [0.3, 0.4) is 0 Å². The first-order chi connectivity index (χ1) is 13.3. The van der Waals surface area contributed by atoms with Gasteiger partial charge in [0.2, 0.25) is 0 Å². The van der Waals surface area contributed by atoms with E-state index in [0.29, 0.717) is 0 Å². The highest BCUT2D eigenvalue weighted by Gasteiger charge is 2.12. The molecule has 0 unspecified atom stereocenters. The van der Waals surface area contributed by atoms with Gasteiger partial charge < -0.3 is 0 Å². The standard InChI is InChI=1S/C24H16FNS/c25-18-9-10-19-20-7-4-8-21(24(20)27-23(19)15-18)22-14-17(11-12-26-22)13-16-5-2-1-3-6-16/h1-12,14-15H,13H2. The number of halogens is 1. The number of hydrogen-bond acceptors (Lipinski definition) is 2. The van der Waals surface area contributed by atoms with Crippen molar-refractivity contribution in [3.63, 3.8) is 0 Å². The molecule has 0 aliphatic heterocycles. The Balaban J connectivity index is 1.63. The number of thiophene rings is 1. The quantitative estimate of drug-likeness (QED) is 0.339. The van der Waals surface area contributed by atoms with Gasteiger partial charge >= 0.3 is 0 Å². The van der Waals surface area contributed by atoms with Gasteiger partial charge in [0.05, 0.1) is 5.69 Å². The van der Waals surface area contributed by atoms with Crippen LogP contribution in [0.2, 0.25) is 0 Å². The van der Waals surface area contributed by atoms with Crippen molar-refractivity contribution in [2.24, 2.45) is 0 Å². The highest BCUT2D eigenvalue weighted by Crippen LogP contribution is 2.39. The summed E-state index contributed by atoms with van der Waals surface area (Å²) in [4.78, 5) is 4.62. The van der Waals surface area contributed by atoms with Gasteiger partial charge in [-0.25, -0.2) is 4.39 Å². The Morgan fingerprint density at radius 2 is 1.67 bits per heavy atom. The zero-order valence-electron chi connectivity index (χ0n) is 14.5. The molecule has 3 heteroatoms. The van der Waals surface area contributed by atoms with Crippen molar-refractivity contribution in [3.8, 4) is 11.3 Å². The molecule has 0 saturated carbocycles. The first kappa shape index (κ1) is 16.2. The van der Waals surface area contributed by atoms with E-state index in [-0.39, 0.29) is 5.82 Å². The molecule has 0 N–H and O–H groups in total. The highest BCUT2D eigenvalue weighted by atomic mass is 32.1. The lowest BCUT2D eigenvalue weighted by Crippen LogP contribution is -1.91. The zero-order valence-corrected chi connectivity index (χ0v) is 15.3. The first-order valence-corrected chi connectivity index (χ1v) is 9.69. The fourth-order valence-electron chi connectivity index (χ4n) is 3.54. The SMILES string of the molecule is Fc1ccc2c(c1)sc1c(-c3cc(Cc4ccccc4)ccn3)cccc12. The Morgan fingerprint density at radius 1 is 0.778 bits per heavy atom. The largest absolute Gasteiger partial charge is 0.256 e. The molecule has 0 spiro atoms. The van der Waals surface area contributed by atoms with E-state index < -0.39 is 0 Å². The fraction of sp³-hybridized carbons (Fsp3) is 0.0417. The second-order valence-corrected chi connectivity index (χ2v) is 7.69. The summed E-state index contributed by atoms with van der Waals surface area (Å²) in [5.41, 5.74) is 4.57. The van der Waals surface area contributed by atoms with Gasteiger partial charge in [-0.1, -0.05) is 54.6 Å². The number of pyridine rings is 1. The molecule has 0 radical (unpaired) electrons. The summed E-state index contributed by atoms with van der Waals surface area (Å²) < 4.78 is 15.8. The third-order valence-electron chi connectivity index (χ3n) is 4.81. The minimum absolute atomic E-state index is 0.196. The number of nitrogens with zero attached hydrogens (tertiary/aromatic N) is 1. The third-order valence-corrected chi connectivity index (χ3v) is 6.01. The predicted octanol–water partition coefficient (Wildman–Crippen LogP) is 6.85. The second-order valence-electron chi connectivity index (χ2n) is 6.64. The van der Waals surface area contributed by atoms with E-state index in [1.165, 1.54) is 17.2 Å². The Labute approximate surface area is 160 Å². The van der Waals surface area contributed by atoms with Crippen molar-refractivity contribution >= 4 is 31.5 Å². The van der Waals surface area contributed by atoms with E-state index in [9.17, 15) is 4.39 Å². The van der Waals surface area contributed by atoms with Crippen LogP contribution in [0.4, 0.5) is 4.39 Å². The second kappa shape index (κ2) is 6.60. The van der Waals surface area contributed by atoms with Crippen molar-refractivity contribution in [1.29, 1.82) is 0 Å². The van der Waals surface area contributed by atoms with Crippen LogP contribution in [0.1, 0.15) is 11.1 Å². The van der Waals surface area contributed by atoms with Gasteiger partial charge in [-0.2, -0.15) is 0 Å². The van der Waals surface area contributed by atoms with E-state index in [4.69, 9.17) is 0 Å². The molecule has 0 saturated heterocycles. The molecule has 2 heterocycles. The lowest BCUT2D eigenvalue weighted by atomic mass is 10.0. The van der Waals surface area contributed by atoms with E-state index in [1.54, 1.807) is 17.4 Å². The van der Waals surface area contributed by atoms with Crippen molar-refractivity contribution in [2.75, 3.05) is 0 Å². The molecular weight excluding hydrogens is 353 g/mol. The van der Waals surface area contributed by atoms with E-state index in [0.717, 1.165) is 37.9 Å². The van der Waals surface area contributed by atoms with Gasteiger partial charge in [0.25, 0.3) is 0 Å². The van der Waals surface area contributed by atoms with Gasteiger partial charge in [0, 0.05) is 31.9 Å². The number of aromatic nitrogens is 1. The maximum Gasteiger partial charge on any atom is 0.124 e. The average molecular weight is 369 g/mol. The van der Waals surface area contributed by atoms with Crippen LogP contribution in [0, 0.1) is 5.82 Å². The molecule has 130 valence electrons. The molecule has 2 aromatic heterocycles. The summed E-state index contributed by atoms with van der Waals surface area (Å²) in [5.74, 6) is -0.196. The minimum atomic E-state index is -0.196. The maximum absolute atomic E-state index is 13.6. The maximum atomic E-state index is 13.6. The minimum Gasteiger partial charge on any atom is -0.256 e. The summed E-state index contributed by atoms with van der Waals surface area (Å²) in [6.45, 7) is 0. The van der Waals surface area contributed by atoms with Crippen LogP contribution in [0.15, 0.2) is 85.1 Å². The zero-order chi connectivity index (χ0) is 18.2.